The van der Waals surface area contributed by atoms with Gasteiger partial charge in [0, 0.05) is 17.2 Å². The highest BCUT2D eigenvalue weighted by atomic mass is 16.3. The fraction of sp³-hybridized carbons (Fsp3) is 0.130. The van der Waals surface area contributed by atoms with Crippen molar-refractivity contribution in [1.29, 1.82) is 0 Å². The van der Waals surface area contributed by atoms with E-state index >= 15 is 0 Å². The fourth-order valence-corrected chi connectivity index (χ4v) is 3.70. The van der Waals surface area contributed by atoms with Gasteiger partial charge in [-0.05, 0) is 54.3 Å². The Morgan fingerprint density at radius 3 is 2.37 bits per heavy atom. The van der Waals surface area contributed by atoms with E-state index in [-0.39, 0.29) is 11.8 Å². The number of fused-ring (bicyclic) bond motifs is 2. The monoisotopic (exact) mass is 354 g/mol. The molecule has 4 aromatic rings. The Morgan fingerprint density at radius 2 is 1.63 bits per heavy atom. The summed E-state index contributed by atoms with van der Waals surface area (Å²) in [5.74, 6) is 0.618. The lowest BCUT2D eigenvalue weighted by Crippen LogP contribution is -2.23. The minimum Gasteiger partial charge on any atom is -0.436 e. The summed E-state index contributed by atoms with van der Waals surface area (Å²) in [6.45, 7) is 0. The summed E-state index contributed by atoms with van der Waals surface area (Å²) >= 11 is 0. The summed E-state index contributed by atoms with van der Waals surface area (Å²) in [6.07, 6.45) is 1.60. The van der Waals surface area contributed by atoms with Crippen LogP contribution in [0.25, 0.3) is 22.6 Å². The first-order valence-corrected chi connectivity index (χ1v) is 9.10. The lowest BCUT2D eigenvalue weighted by molar-refractivity contribution is -0.119. The van der Waals surface area contributed by atoms with E-state index in [4.69, 9.17) is 4.42 Å². The number of rotatable bonds is 3. The molecule has 0 spiro atoms. The Labute approximate surface area is 156 Å². The van der Waals surface area contributed by atoms with Crippen LogP contribution in [0.15, 0.2) is 77.2 Å². The molecule has 1 amide bonds. The number of nitrogens with one attached hydrogen (secondary N) is 1. The molecule has 0 radical (unpaired) electrons. The lowest BCUT2D eigenvalue weighted by atomic mass is 10.1. The number of hydrogen-bond donors (Lipinski definition) is 1. The van der Waals surface area contributed by atoms with Crippen molar-refractivity contribution in [2.24, 2.45) is 5.92 Å². The minimum atomic E-state index is -0.0183. The maximum absolute atomic E-state index is 12.7. The average molecular weight is 354 g/mol. The molecule has 1 heterocycles. The van der Waals surface area contributed by atoms with Crippen molar-refractivity contribution in [3.63, 3.8) is 0 Å². The molecule has 0 unspecified atom stereocenters. The molecule has 1 N–H and O–H groups in total. The zero-order chi connectivity index (χ0) is 18.2. The van der Waals surface area contributed by atoms with Crippen LogP contribution in [-0.4, -0.2) is 10.9 Å². The van der Waals surface area contributed by atoms with E-state index < -0.39 is 0 Å². The lowest BCUT2D eigenvalue weighted by Gasteiger charge is -2.10. The van der Waals surface area contributed by atoms with Crippen molar-refractivity contribution in [3.05, 3.63) is 83.9 Å². The Hall–Kier alpha value is -3.40. The van der Waals surface area contributed by atoms with Gasteiger partial charge in [0.2, 0.25) is 11.8 Å². The van der Waals surface area contributed by atoms with Crippen molar-refractivity contribution >= 4 is 22.7 Å². The van der Waals surface area contributed by atoms with Gasteiger partial charge in [0.1, 0.15) is 5.52 Å². The Bertz CT molecular complexity index is 1110. The SMILES string of the molecule is O=C(Nc1ccc2oc(-c3ccccc3)nc2c1)C1Cc2ccccc2C1. The van der Waals surface area contributed by atoms with Gasteiger partial charge in [0.15, 0.2) is 5.58 Å². The molecule has 1 aliphatic rings. The Morgan fingerprint density at radius 1 is 0.926 bits per heavy atom. The van der Waals surface area contributed by atoms with Gasteiger partial charge in [0.25, 0.3) is 0 Å². The van der Waals surface area contributed by atoms with Crippen molar-refractivity contribution in [1.82, 2.24) is 4.98 Å². The third-order valence-corrected chi connectivity index (χ3v) is 5.10. The molecule has 3 aromatic carbocycles. The molecule has 0 atom stereocenters. The van der Waals surface area contributed by atoms with E-state index in [1.165, 1.54) is 11.1 Å². The second-order valence-corrected chi connectivity index (χ2v) is 6.93. The molecule has 0 aliphatic heterocycles. The molecule has 1 aliphatic carbocycles. The summed E-state index contributed by atoms with van der Waals surface area (Å²) in [4.78, 5) is 17.3. The van der Waals surface area contributed by atoms with Crippen molar-refractivity contribution < 1.29 is 9.21 Å². The van der Waals surface area contributed by atoms with Crippen molar-refractivity contribution in [3.8, 4) is 11.5 Å². The third kappa shape index (κ3) is 2.99. The molecule has 27 heavy (non-hydrogen) atoms. The number of carbonyl (C=O) groups excluding carboxylic acids is 1. The topological polar surface area (TPSA) is 55.1 Å². The molecule has 0 saturated heterocycles. The van der Waals surface area contributed by atoms with Crippen LogP contribution >= 0.6 is 0 Å². The Balaban J connectivity index is 1.36. The highest BCUT2D eigenvalue weighted by molar-refractivity contribution is 5.95. The summed E-state index contributed by atoms with van der Waals surface area (Å²) in [7, 11) is 0. The first-order chi connectivity index (χ1) is 13.3. The van der Waals surface area contributed by atoms with Gasteiger partial charge >= 0.3 is 0 Å². The highest BCUT2D eigenvalue weighted by Crippen LogP contribution is 2.29. The molecule has 0 saturated carbocycles. The molecule has 1 aromatic heterocycles. The van der Waals surface area contributed by atoms with Gasteiger partial charge in [-0.25, -0.2) is 4.98 Å². The molecular weight excluding hydrogens is 336 g/mol. The second kappa shape index (κ2) is 6.40. The second-order valence-electron chi connectivity index (χ2n) is 6.93. The number of nitrogens with zero attached hydrogens (tertiary/aromatic N) is 1. The number of benzene rings is 3. The van der Waals surface area contributed by atoms with E-state index in [1.54, 1.807) is 0 Å². The van der Waals surface area contributed by atoms with E-state index in [0.29, 0.717) is 11.5 Å². The van der Waals surface area contributed by atoms with Gasteiger partial charge in [-0.3, -0.25) is 4.79 Å². The van der Waals surface area contributed by atoms with Crippen LogP contribution < -0.4 is 5.32 Å². The maximum atomic E-state index is 12.7. The van der Waals surface area contributed by atoms with Crippen LogP contribution in [0.5, 0.6) is 0 Å². The van der Waals surface area contributed by atoms with Crippen LogP contribution in [0.4, 0.5) is 5.69 Å². The summed E-state index contributed by atoms with van der Waals surface area (Å²) in [6, 6.07) is 23.7. The van der Waals surface area contributed by atoms with E-state index in [2.05, 4.69) is 22.4 Å². The Kier molecular flexibility index (Phi) is 3.75. The number of aromatic nitrogens is 1. The third-order valence-electron chi connectivity index (χ3n) is 5.10. The smallest absolute Gasteiger partial charge is 0.228 e. The number of oxazole rings is 1. The van der Waals surface area contributed by atoms with E-state index in [0.717, 1.165) is 29.6 Å². The van der Waals surface area contributed by atoms with Gasteiger partial charge in [-0.15, -0.1) is 0 Å². The van der Waals surface area contributed by atoms with Gasteiger partial charge in [-0.2, -0.15) is 0 Å². The van der Waals surface area contributed by atoms with E-state index in [1.807, 2.05) is 60.7 Å². The standard InChI is InChI=1S/C23H18N2O2/c26-22(18-12-16-8-4-5-9-17(16)13-18)24-19-10-11-21-20(14-19)25-23(27-21)15-6-2-1-3-7-15/h1-11,14,18H,12-13H2,(H,24,26). The predicted octanol–water partition coefficient (Wildman–Crippen LogP) is 4.85. The number of hydrogen-bond acceptors (Lipinski definition) is 3. The summed E-state index contributed by atoms with van der Waals surface area (Å²) in [5, 5.41) is 3.04. The number of anilines is 1. The molecule has 5 rings (SSSR count). The van der Waals surface area contributed by atoms with Gasteiger partial charge in [-0.1, -0.05) is 42.5 Å². The van der Waals surface area contributed by atoms with Crippen LogP contribution in [0.3, 0.4) is 0 Å². The van der Waals surface area contributed by atoms with Crippen LogP contribution in [0.2, 0.25) is 0 Å². The van der Waals surface area contributed by atoms with E-state index in [9.17, 15) is 4.79 Å². The molecule has 132 valence electrons. The first kappa shape index (κ1) is 15.8. The van der Waals surface area contributed by atoms with Gasteiger partial charge < -0.3 is 9.73 Å². The summed E-state index contributed by atoms with van der Waals surface area (Å²) < 4.78 is 5.83. The van der Waals surface area contributed by atoms with Crippen LogP contribution in [-0.2, 0) is 17.6 Å². The molecule has 0 fully saturated rings. The molecular formula is C23H18N2O2. The predicted molar refractivity (Wildman–Crippen MR) is 105 cm³/mol. The minimum absolute atomic E-state index is 0.0183. The largest absolute Gasteiger partial charge is 0.436 e. The van der Waals surface area contributed by atoms with Crippen LogP contribution in [0, 0.1) is 5.92 Å². The zero-order valence-electron chi connectivity index (χ0n) is 14.7. The normalized spacial score (nSPS) is 13.6. The van der Waals surface area contributed by atoms with Crippen LogP contribution in [0.1, 0.15) is 11.1 Å². The summed E-state index contributed by atoms with van der Waals surface area (Å²) in [5.41, 5.74) is 5.68. The molecule has 4 nitrogen and oxygen atoms in total. The van der Waals surface area contributed by atoms with Crippen molar-refractivity contribution in [2.75, 3.05) is 5.32 Å². The first-order valence-electron chi connectivity index (χ1n) is 9.10. The molecule has 0 bridgehead atoms. The average Bonchev–Trinajstić information content (AvgIpc) is 3.32. The number of carbonyl (C=O) groups is 1. The van der Waals surface area contributed by atoms with Crippen molar-refractivity contribution in [2.45, 2.75) is 12.8 Å². The maximum Gasteiger partial charge on any atom is 0.228 e. The van der Waals surface area contributed by atoms with Gasteiger partial charge in [0.05, 0.1) is 0 Å². The fourth-order valence-electron chi connectivity index (χ4n) is 3.70. The quantitative estimate of drug-likeness (QED) is 0.572. The number of amides is 1. The molecule has 4 heteroatoms. The zero-order valence-corrected chi connectivity index (χ0v) is 14.7. The highest BCUT2D eigenvalue weighted by Gasteiger charge is 2.27.